The van der Waals surface area contributed by atoms with Gasteiger partial charge in [-0.25, -0.2) is 0 Å². The van der Waals surface area contributed by atoms with Gasteiger partial charge in [0.2, 0.25) is 0 Å². The molecule has 118 valence electrons. The smallest absolute Gasteiger partial charge is 0.0558 e. The molecule has 3 heteroatoms. The van der Waals surface area contributed by atoms with Crippen LogP contribution in [0, 0.1) is 11.8 Å². The molecule has 0 spiro atoms. The summed E-state index contributed by atoms with van der Waals surface area (Å²) in [5.74, 6) is 1.70. The van der Waals surface area contributed by atoms with Crippen molar-refractivity contribution >= 4 is 0 Å². The van der Waals surface area contributed by atoms with E-state index < -0.39 is 0 Å². The van der Waals surface area contributed by atoms with Crippen molar-refractivity contribution in [1.29, 1.82) is 0 Å². The van der Waals surface area contributed by atoms with Gasteiger partial charge in [0.1, 0.15) is 0 Å². The number of nitrogens with one attached hydrogen (secondary N) is 1. The topological polar surface area (TPSA) is 35.5 Å². The monoisotopic (exact) mass is 282 g/mol. The molecule has 0 aromatic carbocycles. The fourth-order valence-corrected chi connectivity index (χ4v) is 4.07. The van der Waals surface area contributed by atoms with Gasteiger partial charge in [-0.3, -0.25) is 4.90 Å². The van der Waals surface area contributed by atoms with E-state index in [-0.39, 0.29) is 0 Å². The Labute approximate surface area is 125 Å². The fraction of sp³-hybridized carbons (Fsp3) is 1.00. The molecule has 0 heterocycles. The fourth-order valence-electron chi connectivity index (χ4n) is 4.07. The molecular formula is C17H34N2O. The molecule has 2 aliphatic rings. The Bertz CT molecular complexity index is 268. The molecule has 0 aromatic heterocycles. The third-order valence-electron chi connectivity index (χ3n) is 5.58. The molecule has 2 aliphatic carbocycles. The van der Waals surface area contributed by atoms with E-state index in [1.807, 2.05) is 0 Å². The van der Waals surface area contributed by atoms with Gasteiger partial charge in [0.15, 0.2) is 0 Å². The highest BCUT2D eigenvalue weighted by atomic mass is 16.3. The first kappa shape index (κ1) is 16.3. The lowest BCUT2D eigenvalue weighted by molar-refractivity contribution is 0.0603. The van der Waals surface area contributed by atoms with Crippen LogP contribution in [0.25, 0.3) is 0 Å². The van der Waals surface area contributed by atoms with Gasteiger partial charge < -0.3 is 10.4 Å². The summed E-state index contributed by atoms with van der Waals surface area (Å²) in [6.45, 7) is 8.02. The minimum absolute atomic E-state index is 0.312. The Kier molecular flexibility index (Phi) is 6.79. The summed E-state index contributed by atoms with van der Waals surface area (Å²) in [6.07, 6.45) is 9.52. The molecule has 0 amide bonds. The number of aliphatic hydroxyl groups is 1. The van der Waals surface area contributed by atoms with Gasteiger partial charge in [-0.1, -0.05) is 26.7 Å². The lowest BCUT2D eigenvalue weighted by atomic mass is 9.76. The van der Waals surface area contributed by atoms with Crippen molar-refractivity contribution in [2.24, 2.45) is 11.8 Å². The van der Waals surface area contributed by atoms with Crippen molar-refractivity contribution in [2.75, 3.05) is 26.2 Å². The summed E-state index contributed by atoms with van der Waals surface area (Å²) in [4.78, 5) is 2.58. The zero-order valence-electron chi connectivity index (χ0n) is 13.5. The van der Waals surface area contributed by atoms with Crippen molar-refractivity contribution in [2.45, 2.75) is 70.9 Å². The van der Waals surface area contributed by atoms with Crippen LogP contribution >= 0.6 is 0 Å². The molecule has 0 aromatic rings. The number of hydrogen-bond donors (Lipinski definition) is 2. The lowest BCUT2D eigenvalue weighted by Gasteiger charge is -2.43. The summed E-state index contributed by atoms with van der Waals surface area (Å²) in [5.41, 5.74) is 0. The molecule has 2 rings (SSSR count). The molecule has 2 saturated carbocycles. The van der Waals surface area contributed by atoms with Crippen molar-refractivity contribution in [1.82, 2.24) is 10.2 Å². The minimum Gasteiger partial charge on any atom is -0.395 e. The van der Waals surface area contributed by atoms with E-state index in [0.29, 0.717) is 12.6 Å². The first-order valence-electron chi connectivity index (χ1n) is 8.86. The molecule has 0 aliphatic heterocycles. The largest absolute Gasteiger partial charge is 0.395 e. The van der Waals surface area contributed by atoms with Gasteiger partial charge in [0, 0.05) is 25.2 Å². The molecule has 3 atom stereocenters. The molecule has 0 bridgehead atoms. The first-order chi connectivity index (χ1) is 9.78. The van der Waals surface area contributed by atoms with E-state index in [9.17, 15) is 5.11 Å². The van der Waals surface area contributed by atoms with Crippen LogP contribution in [0.5, 0.6) is 0 Å². The molecule has 0 saturated heterocycles. The Morgan fingerprint density at radius 3 is 2.50 bits per heavy atom. The normalized spacial score (nSPS) is 31.5. The Morgan fingerprint density at radius 1 is 1.15 bits per heavy atom. The van der Waals surface area contributed by atoms with Crippen LogP contribution < -0.4 is 5.32 Å². The Morgan fingerprint density at radius 2 is 1.95 bits per heavy atom. The first-order valence-corrected chi connectivity index (χ1v) is 8.86. The van der Waals surface area contributed by atoms with Crippen LogP contribution in [0.1, 0.15) is 58.8 Å². The second-order valence-electron chi connectivity index (χ2n) is 6.81. The van der Waals surface area contributed by atoms with E-state index in [4.69, 9.17) is 0 Å². The molecule has 3 unspecified atom stereocenters. The number of nitrogens with zero attached hydrogens (tertiary/aromatic N) is 1. The Hall–Kier alpha value is -0.120. The zero-order chi connectivity index (χ0) is 14.4. The number of rotatable bonds is 8. The average Bonchev–Trinajstić information content (AvgIpc) is 2.39. The molecule has 0 radical (unpaired) electrons. The highest BCUT2D eigenvalue weighted by Gasteiger charge is 2.33. The van der Waals surface area contributed by atoms with E-state index in [0.717, 1.165) is 31.0 Å². The van der Waals surface area contributed by atoms with Gasteiger partial charge in [-0.05, 0) is 50.5 Å². The van der Waals surface area contributed by atoms with E-state index in [1.165, 1.54) is 51.5 Å². The minimum atomic E-state index is 0.312. The summed E-state index contributed by atoms with van der Waals surface area (Å²) >= 11 is 0. The van der Waals surface area contributed by atoms with Gasteiger partial charge in [-0.2, -0.15) is 0 Å². The molecular weight excluding hydrogens is 248 g/mol. The third-order valence-corrected chi connectivity index (χ3v) is 5.58. The molecule has 3 nitrogen and oxygen atoms in total. The summed E-state index contributed by atoms with van der Waals surface area (Å²) < 4.78 is 0. The number of hydrogen-bond acceptors (Lipinski definition) is 3. The second kappa shape index (κ2) is 8.35. The van der Waals surface area contributed by atoms with Crippen LogP contribution in [-0.2, 0) is 0 Å². The van der Waals surface area contributed by atoms with E-state index in [2.05, 4.69) is 24.1 Å². The summed E-state index contributed by atoms with van der Waals surface area (Å²) in [6, 6.07) is 1.45. The quantitative estimate of drug-likeness (QED) is 0.718. The van der Waals surface area contributed by atoms with Crippen LogP contribution in [0.15, 0.2) is 0 Å². The van der Waals surface area contributed by atoms with Crippen LogP contribution in [0.4, 0.5) is 0 Å². The maximum absolute atomic E-state index is 9.34. The highest BCUT2D eigenvalue weighted by Crippen LogP contribution is 2.34. The van der Waals surface area contributed by atoms with Crippen molar-refractivity contribution in [3.8, 4) is 0 Å². The number of aliphatic hydroxyl groups excluding tert-OH is 1. The maximum Gasteiger partial charge on any atom is 0.0558 e. The predicted molar refractivity (Wildman–Crippen MR) is 84.9 cm³/mol. The van der Waals surface area contributed by atoms with Crippen LogP contribution in [0.3, 0.4) is 0 Å². The van der Waals surface area contributed by atoms with Gasteiger partial charge in [0.25, 0.3) is 0 Å². The zero-order valence-corrected chi connectivity index (χ0v) is 13.5. The van der Waals surface area contributed by atoms with Crippen molar-refractivity contribution in [3.63, 3.8) is 0 Å². The molecule has 2 fully saturated rings. The van der Waals surface area contributed by atoms with Gasteiger partial charge >= 0.3 is 0 Å². The molecule has 2 N–H and O–H groups in total. The predicted octanol–water partition coefficient (Wildman–Crippen LogP) is 2.64. The van der Waals surface area contributed by atoms with Crippen LogP contribution in [0.2, 0.25) is 0 Å². The lowest BCUT2D eigenvalue weighted by Crippen LogP contribution is -2.50. The van der Waals surface area contributed by atoms with E-state index in [1.54, 1.807) is 0 Å². The van der Waals surface area contributed by atoms with Gasteiger partial charge in [-0.15, -0.1) is 0 Å². The average molecular weight is 282 g/mol. The summed E-state index contributed by atoms with van der Waals surface area (Å²) in [7, 11) is 0. The standard InChI is InChI=1S/C17H34N2O/c1-3-14-8-9-17(18-4-2)15(12-14)13-19(10-11-20)16-6-5-7-16/h14-18,20H,3-13H2,1-2H3. The third kappa shape index (κ3) is 4.19. The van der Waals surface area contributed by atoms with Crippen LogP contribution in [-0.4, -0.2) is 48.3 Å². The molecule has 20 heavy (non-hydrogen) atoms. The SMILES string of the molecule is CCNC1CCC(CC)CC1CN(CCO)C1CCC1. The van der Waals surface area contributed by atoms with Crippen molar-refractivity contribution < 1.29 is 5.11 Å². The van der Waals surface area contributed by atoms with Gasteiger partial charge in [0.05, 0.1) is 6.61 Å². The maximum atomic E-state index is 9.34. The summed E-state index contributed by atoms with van der Waals surface area (Å²) in [5, 5.41) is 13.1. The highest BCUT2D eigenvalue weighted by molar-refractivity contribution is 4.89. The second-order valence-corrected chi connectivity index (χ2v) is 6.81. The van der Waals surface area contributed by atoms with Crippen molar-refractivity contribution in [3.05, 3.63) is 0 Å². The Balaban J connectivity index is 1.92. The van der Waals surface area contributed by atoms with E-state index >= 15 is 0 Å².